The van der Waals surface area contributed by atoms with Gasteiger partial charge < -0.3 is 5.32 Å². The molecular formula is C15H29N. The zero-order chi connectivity index (χ0) is 11.8. The average molecular weight is 223 g/mol. The largest absolute Gasteiger partial charge is 0.314 e. The van der Waals surface area contributed by atoms with E-state index >= 15 is 0 Å². The smallest absolute Gasteiger partial charge is 0.0104 e. The number of hydrogen-bond acceptors (Lipinski definition) is 1. The van der Waals surface area contributed by atoms with Crippen LogP contribution >= 0.6 is 0 Å². The third-order valence-corrected chi connectivity index (χ3v) is 3.68. The van der Waals surface area contributed by atoms with Crippen LogP contribution in [0.15, 0.2) is 12.2 Å². The summed E-state index contributed by atoms with van der Waals surface area (Å²) in [5, 5.41) is 3.66. The minimum Gasteiger partial charge on any atom is -0.314 e. The first-order chi connectivity index (χ1) is 7.72. The molecule has 1 aliphatic carbocycles. The highest BCUT2D eigenvalue weighted by Gasteiger charge is 2.17. The van der Waals surface area contributed by atoms with Crippen molar-refractivity contribution in [2.75, 3.05) is 6.54 Å². The van der Waals surface area contributed by atoms with E-state index in [0.717, 1.165) is 18.9 Å². The lowest BCUT2D eigenvalue weighted by Gasteiger charge is -2.20. The zero-order valence-electron chi connectivity index (χ0n) is 11.2. The molecule has 0 aromatic heterocycles. The van der Waals surface area contributed by atoms with E-state index in [9.17, 15) is 0 Å². The molecule has 0 aromatic carbocycles. The van der Waals surface area contributed by atoms with Crippen LogP contribution in [0.4, 0.5) is 0 Å². The molecule has 1 nitrogen and oxygen atoms in total. The van der Waals surface area contributed by atoms with Crippen LogP contribution in [-0.4, -0.2) is 12.6 Å². The Balaban J connectivity index is 2.21. The summed E-state index contributed by atoms with van der Waals surface area (Å²) >= 11 is 0. The lowest BCUT2D eigenvalue weighted by atomic mass is 9.95. The minimum atomic E-state index is 0.679. The van der Waals surface area contributed by atoms with Crippen LogP contribution in [0.3, 0.4) is 0 Å². The summed E-state index contributed by atoms with van der Waals surface area (Å²) in [5.41, 5.74) is 1.32. The van der Waals surface area contributed by atoms with E-state index in [2.05, 4.69) is 25.7 Å². The van der Waals surface area contributed by atoms with Crippen molar-refractivity contribution >= 4 is 0 Å². The molecule has 94 valence electrons. The van der Waals surface area contributed by atoms with Crippen LogP contribution < -0.4 is 5.32 Å². The van der Waals surface area contributed by atoms with E-state index < -0.39 is 0 Å². The van der Waals surface area contributed by atoms with Gasteiger partial charge in [-0.25, -0.2) is 0 Å². The molecule has 16 heavy (non-hydrogen) atoms. The van der Waals surface area contributed by atoms with E-state index in [4.69, 9.17) is 0 Å². The summed E-state index contributed by atoms with van der Waals surface area (Å²) in [7, 11) is 0. The second kappa shape index (κ2) is 7.89. The summed E-state index contributed by atoms with van der Waals surface area (Å²) in [4.78, 5) is 0. The fourth-order valence-corrected chi connectivity index (χ4v) is 2.78. The predicted octanol–water partition coefficient (Wildman–Crippen LogP) is 4.29. The van der Waals surface area contributed by atoms with Gasteiger partial charge in [-0.3, -0.25) is 0 Å². The molecular weight excluding hydrogens is 194 g/mol. The van der Waals surface area contributed by atoms with E-state index in [-0.39, 0.29) is 0 Å². The topological polar surface area (TPSA) is 12.0 Å². The molecule has 1 saturated carbocycles. The summed E-state index contributed by atoms with van der Waals surface area (Å²) in [5.74, 6) is 1.02. The molecule has 0 radical (unpaired) electrons. The van der Waals surface area contributed by atoms with E-state index in [1.54, 1.807) is 0 Å². The second-order valence-corrected chi connectivity index (χ2v) is 5.54. The minimum absolute atomic E-state index is 0.679. The third-order valence-electron chi connectivity index (χ3n) is 3.68. The quantitative estimate of drug-likeness (QED) is 0.605. The lowest BCUT2D eigenvalue weighted by molar-refractivity contribution is 0.402. The molecule has 1 heteroatoms. The highest BCUT2D eigenvalue weighted by atomic mass is 14.9. The van der Waals surface area contributed by atoms with Crippen LogP contribution in [0.5, 0.6) is 0 Å². The van der Waals surface area contributed by atoms with Crippen LogP contribution in [0.1, 0.15) is 65.2 Å². The van der Waals surface area contributed by atoms with Crippen LogP contribution in [0.2, 0.25) is 0 Å². The fraction of sp³-hybridized carbons (Fsp3) is 0.867. The molecule has 0 aliphatic heterocycles. The molecule has 1 aliphatic rings. The van der Waals surface area contributed by atoms with Gasteiger partial charge in [-0.05, 0) is 45.1 Å². The van der Waals surface area contributed by atoms with Gasteiger partial charge >= 0.3 is 0 Å². The molecule has 1 fully saturated rings. The van der Waals surface area contributed by atoms with Crippen LogP contribution in [0.25, 0.3) is 0 Å². The number of rotatable bonds is 8. The molecule has 0 heterocycles. The number of hydrogen-bond donors (Lipinski definition) is 1. The molecule has 1 N–H and O–H groups in total. The Morgan fingerprint density at radius 1 is 1.38 bits per heavy atom. The van der Waals surface area contributed by atoms with E-state index in [0.29, 0.717) is 6.04 Å². The van der Waals surface area contributed by atoms with Gasteiger partial charge in [0.05, 0.1) is 0 Å². The SMILES string of the molecule is C=C(C)CC(CCC1CCCC1)NCCC. The molecule has 1 rings (SSSR count). The average Bonchev–Trinajstić information content (AvgIpc) is 2.74. The van der Waals surface area contributed by atoms with Gasteiger partial charge in [0.15, 0.2) is 0 Å². The molecule has 1 atom stereocenters. The monoisotopic (exact) mass is 223 g/mol. The Labute approximate surface area is 102 Å². The van der Waals surface area contributed by atoms with Crippen molar-refractivity contribution in [2.45, 2.75) is 71.3 Å². The molecule has 0 aromatic rings. The maximum Gasteiger partial charge on any atom is 0.0104 e. The van der Waals surface area contributed by atoms with E-state index in [1.165, 1.54) is 50.5 Å². The van der Waals surface area contributed by atoms with Crippen molar-refractivity contribution in [2.24, 2.45) is 5.92 Å². The standard InChI is InChI=1S/C15H29N/c1-4-11-16-15(12-13(2)3)10-9-14-7-5-6-8-14/h14-16H,2,4-12H2,1,3H3. The van der Waals surface area contributed by atoms with Crippen molar-refractivity contribution in [1.29, 1.82) is 0 Å². The maximum atomic E-state index is 4.04. The second-order valence-electron chi connectivity index (χ2n) is 5.54. The zero-order valence-corrected chi connectivity index (χ0v) is 11.2. The van der Waals surface area contributed by atoms with Crippen molar-refractivity contribution < 1.29 is 0 Å². The molecule has 0 saturated heterocycles. The molecule has 0 amide bonds. The van der Waals surface area contributed by atoms with Gasteiger partial charge in [0.1, 0.15) is 0 Å². The Hall–Kier alpha value is -0.300. The summed E-state index contributed by atoms with van der Waals surface area (Å²) in [6.45, 7) is 9.59. The normalized spacial score (nSPS) is 18.9. The van der Waals surface area contributed by atoms with Gasteiger partial charge in [0, 0.05) is 6.04 Å². The molecule has 0 bridgehead atoms. The van der Waals surface area contributed by atoms with Crippen molar-refractivity contribution in [3.8, 4) is 0 Å². The van der Waals surface area contributed by atoms with Gasteiger partial charge in [-0.15, -0.1) is 6.58 Å². The van der Waals surface area contributed by atoms with Crippen molar-refractivity contribution in [3.63, 3.8) is 0 Å². The first-order valence-corrected chi connectivity index (χ1v) is 7.10. The van der Waals surface area contributed by atoms with Gasteiger partial charge in [-0.1, -0.05) is 38.2 Å². The molecule has 0 spiro atoms. The highest BCUT2D eigenvalue weighted by molar-refractivity contribution is 4.93. The highest BCUT2D eigenvalue weighted by Crippen LogP contribution is 2.29. The van der Waals surface area contributed by atoms with Gasteiger partial charge in [0.2, 0.25) is 0 Å². The predicted molar refractivity (Wildman–Crippen MR) is 72.7 cm³/mol. The van der Waals surface area contributed by atoms with Crippen molar-refractivity contribution in [3.05, 3.63) is 12.2 Å². The summed E-state index contributed by atoms with van der Waals surface area (Å²) in [6.07, 6.45) is 11.1. The first-order valence-electron chi connectivity index (χ1n) is 7.10. The maximum absolute atomic E-state index is 4.04. The Morgan fingerprint density at radius 3 is 2.62 bits per heavy atom. The first kappa shape index (κ1) is 13.8. The van der Waals surface area contributed by atoms with Crippen LogP contribution in [0, 0.1) is 5.92 Å². The Bertz CT molecular complexity index is 192. The van der Waals surface area contributed by atoms with Crippen molar-refractivity contribution in [1.82, 2.24) is 5.32 Å². The summed E-state index contributed by atoms with van der Waals surface area (Å²) in [6, 6.07) is 0.679. The van der Waals surface area contributed by atoms with E-state index in [1.807, 2.05) is 0 Å². The number of nitrogens with one attached hydrogen (secondary N) is 1. The Morgan fingerprint density at radius 2 is 2.06 bits per heavy atom. The van der Waals surface area contributed by atoms with Gasteiger partial charge in [-0.2, -0.15) is 0 Å². The lowest BCUT2D eigenvalue weighted by Crippen LogP contribution is -2.30. The summed E-state index contributed by atoms with van der Waals surface area (Å²) < 4.78 is 0. The fourth-order valence-electron chi connectivity index (χ4n) is 2.78. The third kappa shape index (κ3) is 5.69. The van der Waals surface area contributed by atoms with Crippen LogP contribution in [-0.2, 0) is 0 Å². The Kier molecular flexibility index (Phi) is 6.79. The molecule has 1 unspecified atom stereocenters. The van der Waals surface area contributed by atoms with Gasteiger partial charge in [0.25, 0.3) is 0 Å².